The largest absolute Gasteiger partial charge is 0.312 e. The molecule has 0 radical (unpaired) electrons. The van der Waals surface area contributed by atoms with Crippen molar-refractivity contribution in [2.24, 2.45) is 21.8 Å². The summed E-state index contributed by atoms with van der Waals surface area (Å²) < 4.78 is 0. The Kier molecular flexibility index (Phi) is 3.79. The van der Waals surface area contributed by atoms with Crippen LogP contribution < -0.4 is 5.73 Å². The number of hydrogen-bond acceptors (Lipinski definition) is 3. The van der Waals surface area contributed by atoms with Crippen molar-refractivity contribution >= 4 is 5.84 Å². The van der Waals surface area contributed by atoms with Crippen LogP contribution in [0.1, 0.15) is 13.8 Å². The molecule has 4 nitrogen and oxygen atoms in total. The summed E-state index contributed by atoms with van der Waals surface area (Å²) >= 11 is 0. The monoisotopic (exact) mass is 129 g/mol. The third kappa shape index (κ3) is 2.92. The molecule has 0 atom stereocenters. The number of nitrogens with zero attached hydrogens (tertiary/aromatic N) is 2. The van der Waals surface area contributed by atoms with E-state index in [0.29, 0.717) is 0 Å². The Labute approximate surface area is 54.1 Å². The quantitative estimate of drug-likeness (QED) is 0.339. The molecule has 0 bridgehead atoms. The number of nitrogens with two attached hydrogens (primary N) is 1. The predicted molar refractivity (Wildman–Crippen MR) is 37.1 cm³/mol. The summed E-state index contributed by atoms with van der Waals surface area (Å²) in [5, 5.41) is 2.70. The highest BCUT2D eigenvalue weighted by atomic mass is 16.3. The maximum atomic E-state index is 9.90. The Hall–Kier alpha value is -0.770. The molecule has 0 saturated heterocycles. The van der Waals surface area contributed by atoms with Crippen LogP contribution in [-0.4, -0.2) is 12.5 Å². The molecule has 2 N–H and O–H groups in total. The SMILES string of the molecule is CC(C)/C(N=O)=N\CN. The van der Waals surface area contributed by atoms with E-state index in [1.165, 1.54) is 0 Å². The fourth-order valence-corrected chi connectivity index (χ4v) is 0.410. The maximum absolute atomic E-state index is 9.90. The van der Waals surface area contributed by atoms with Crippen LogP contribution in [-0.2, 0) is 0 Å². The van der Waals surface area contributed by atoms with Gasteiger partial charge in [-0.1, -0.05) is 13.8 Å². The second kappa shape index (κ2) is 4.14. The van der Waals surface area contributed by atoms with Crippen molar-refractivity contribution in [1.29, 1.82) is 0 Å². The molecule has 0 rings (SSSR count). The Morgan fingerprint density at radius 2 is 2.22 bits per heavy atom. The second-order valence-electron chi connectivity index (χ2n) is 1.94. The van der Waals surface area contributed by atoms with Crippen molar-refractivity contribution in [1.82, 2.24) is 0 Å². The molecule has 0 aromatic rings. The Morgan fingerprint density at radius 1 is 1.67 bits per heavy atom. The summed E-state index contributed by atoms with van der Waals surface area (Å²) in [6, 6.07) is 0. The van der Waals surface area contributed by atoms with Crippen LogP contribution in [0.3, 0.4) is 0 Å². The van der Waals surface area contributed by atoms with Crippen LogP contribution in [0.15, 0.2) is 10.2 Å². The molecule has 0 aromatic carbocycles. The van der Waals surface area contributed by atoms with E-state index in [0.717, 1.165) is 0 Å². The summed E-state index contributed by atoms with van der Waals surface area (Å²) in [6.45, 7) is 3.82. The first-order valence-electron chi connectivity index (χ1n) is 2.80. The number of aliphatic imine (C=N–C) groups is 1. The van der Waals surface area contributed by atoms with Crippen molar-refractivity contribution < 1.29 is 0 Å². The molecule has 4 heteroatoms. The summed E-state index contributed by atoms with van der Waals surface area (Å²) in [7, 11) is 0. The van der Waals surface area contributed by atoms with Gasteiger partial charge in [0, 0.05) is 5.92 Å². The smallest absolute Gasteiger partial charge is 0.172 e. The Bertz CT molecular complexity index is 119. The molecule has 0 aliphatic heterocycles. The first-order chi connectivity index (χ1) is 4.22. The summed E-state index contributed by atoms with van der Waals surface area (Å²) in [6.07, 6.45) is 0. The number of hydrogen-bond donors (Lipinski definition) is 1. The minimum Gasteiger partial charge on any atom is -0.312 e. The summed E-state index contributed by atoms with van der Waals surface area (Å²) in [5.41, 5.74) is 5.06. The Morgan fingerprint density at radius 3 is 2.33 bits per heavy atom. The molecule has 0 unspecified atom stereocenters. The van der Waals surface area contributed by atoms with Crippen molar-refractivity contribution in [2.45, 2.75) is 13.8 Å². The van der Waals surface area contributed by atoms with Crippen LogP contribution >= 0.6 is 0 Å². The molecule has 52 valence electrons. The molecular formula is C5H11N3O. The van der Waals surface area contributed by atoms with Gasteiger partial charge in [0.2, 0.25) is 0 Å². The molecule has 0 heterocycles. The summed E-state index contributed by atoms with van der Waals surface area (Å²) in [4.78, 5) is 13.6. The van der Waals surface area contributed by atoms with E-state index in [4.69, 9.17) is 5.73 Å². The van der Waals surface area contributed by atoms with Gasteiger partial charge in [-0.15, -0.1) is 4.91 Å². The molecule has 0 aliphatic rings. The first kappa shape index (κ1) is 8.23. The van der Waals surface area contributed by atoms with Crippen molar-refractivity contribution in [3.8, 4) is 0 Å². The van der Waals surface area contributed by atoms with Gasteiger partial charge in [-0.05, 0) is 5.18 Å². The Balaban J connectivity index is 3.97. The lowest BCUT2D eigenvalue weighted by molar-refractivity contribution is 0.856. The van der Waals surface area contributed by atoms with Gasteiger partial charge in [-0.3, -0.25) is 4.99 Å². The van der Waals surface area contributed by atoms with Gasteiger partial charge in [0.1, 0.15) is 0 Å². The van der Waals surface area contributed by atoms with Crippen LogP contribution in [0.4, 0.5) is 0 Å². The number of nitroso groups, excluding NO2 is 1. The predicted octanol–water partition coefficient (Wildman–Crippen LogP) is 0.724. The fourth-order valence-electron chi connectivity index (χ4n) is 0.410. The van der Waals surface area contributed by atoms with Crippen molar-refractivity contribution in [2.75, 3.05) is 6.67 Å². The molecule has 0 aromatic heterocycles. The van der Waals surface area contributed by atoms with Gasteiger partial charge in [-0.2, -0.15) is 0 Å². The van der Waals surface area contributed by atoms with Crippen molar-refractivity contribution in [3.05, 3.63) is 4.91 Å². The highest BCUT2D eigenvalue weighted by Gasteiger charge is 2.02. The normalized spacial score (nSPS) is 12.2. The zero-order valence-electron chi connectivity index (χ0n) is 5.66. The van der Waals surface area contributed by atoms with Crippen molar-refractivity contribution in [3.63, 3.8) is 0 Å². The second-order valence-corrected chi connectivity index (χ2v) is 1.94. The van der Waals surface area contributed by atoms with Gasteiger partial charge in [-0.25, -0.2) is 0 Å². The van der Waals surface area contributed by atoms with E-state index in [1.807, 2.05) is 13.8 Å². The van der Waals surface area contributed by atoms with Gasteiger partial charge < -0.3 is 5.73 Å². The standard InChI is InChI=1S/C5H11N3O/c1-4(2)5(8-9)7-3-6/h4H,3,6H2,1-2H3/b7-5+. The fraction of sp³-hybridized carbons (Fsp3) is 0.800. The van der Waals surface area contributed by atoms with Crippen LogP contribution in [0.2, 0.25) is 0 Å². The first-order valence-corrected chi connectivity index (χ1v) is 2.80. The van der Waals surface area contributed by atoms with E-state index < -0.39 is 0 Å². The zero-order valence-corrected chi connectivity index (χ0v) is 5.66. The lowest BCUT2D eigenvalue weighted by Gasteiger charge is -1.97. The third-order valence-electron chi connectivity index (χ3n) is 0.863. The lowest BCUT2D eigenvalue weighted by Crippen LogP contribution is -2.07. The molecule has 0 aliphatic carbocycles. The minimum absolute atomic E-state index is 0.0750. The van der Waals surface area contributed by atoms with Gasteiger partial charge in [0.05, 0.1) is 6.67 Å². The third-order valence-corrected chi connectivity index (χ3v) is 0.863. The van der Waals surface area contributed by atoms with Gasteiger partial charge >= 0.3 is 0 Å². The highest BCUT2D eigenvalue weighted by molar-refractivity contribution is 5.84. The van der Waals surface area contributed by atoms with E-state index in [9.17, 15) is 4.91 Å². The molecule has 0 saturated carbocycles. The van der Waals surface area contributed by atoms with E-state index in [-0.39, 0.29) is 18.4 Å². The molecule has 0 fully saturated rings. The van der Waals surface area contributed by atoms with Gasteiger partial charge in [0.15, 0.2) is 5.84 Å². The van der Waals surface area contributed by atoms with E-state index in [1.54, 1.807) is 0 Å². The maximum Gasteiger partial charge on any atom is 0.172 e. The lowest BCUT2D eigenvalue weighted by atomic mass is 10.2. The topological polar surface area (TPSA) is 67.8 Å². The highest BCUT2D eigenvalue weighted by Crippen LogP contribution is 1.96. The average molecular weight is 129 g/mol. The van der Waals surface area contributed by atoms with Crippen LogP contribution in [0.25, 0.3) is 0 Å². The zero-order chi connectivity index (χ0) is 7.28. The van der Waals surface area contributed by atoms with E-state index >= 15 is 0 Å². The molecule has 0 amide bonds. The van der Waals surface area contributed by atoms with Crippen LogP contribution in [0.5, 0.6) is 0 Å². The molecule has 9 heavy (non-hydrogen) atoms. The molecular weight excluding hydrogens is 118 g/mol. The van der Waals surface area contributed by atoms with Gasteiger partial charge in [0.25, 0.3) is 0 Å². The number of rotatable bonds is 2. The van der Waals surface area contributed by atoms with E-state index in [2.05, 4.69) is 10.2 Å². The molecule has 0 spiro atoms. The van der Waals surface area contributed by atoms with Crippen LogP contribution in [0, 0.1) is 10.8 Å². The summed E-state index contributed by atoms with van der Waals surface area (Å²) in [5.74, 6) is 0.364. The number of amidine groups is 1. The minimum atomic E-state index is 0.0750. The average Bonchev–Trinajstić information content (AvgIpc) is 1.82.